The first-order valence-electron chi connectivity index (χ1n) is 22.1. The maximum atomic E-state index is 14.1. The van der Waals surface area contributed by atoms with Crippen molar-refractivity contribution in [2.45, 2.75) is 76.2 Å². The maximum Gasteiger partial charge on any atom is 0.277 e. The van der Waals surface area contributed by atoms with Crippen LogP contribution in [-0.4, -0.2) is 84.7 Å². The van der Waals surface area contributed by atoms with E-state index < -0.39 is 25.7 Å². The molecular formula is C48H53ClN6O8S. The van der Waals surface area contributed by atoms with Gasteiger partial charge in [-0.15, -0.1) is 0 Å². The second-order valence-electron chi connectivity index (χ2n) is 18.5. The van der Waals surface area contributed by atoms with Gasteiger partial charge >= 0.3 is 0 Å². The molecule has 0 spiro atoms. The third-order valence-electron chi connectivity index (χ3n) is 13.6. The van der Waals surface area contributed by atoms with Crippen molar-refractivity contribution >= 4 is 55.5 Å². The molecule has 336 valence electrons. The molecule has 2 fully saturated rings. The molecule has 3 N–H and O–H groups in total. The number of pyridine rings is 1. The highest BCUT2D eigenvalue weighted by Gasteiger charge is 2.36. The molecule has 1 saturated heterocycles. The van der Waals surface area contributed by atoms with Gasteiger partial charge in [0, 0.05) is 79.1 Å². The number of H-pyrrole nitrogens is 1. The molecule has 4 aliphatic rings. The Labute approximate surface area is 377 Å². The van der Waals surface area contributed by atoms with Crippen LogP contribution in [0.4, 0.5) is 11.4 Å². The summed E-state index contributed by atoms with van der Waals surface area (Å²) in [7, 11) is -4.64. The predicted octanol–water partition coefficient (Wildman–Crippen LogP) is 8.92. The summed E-state index contributed by atoms with van der Waals surface area (Å²) in [5.41, 5.74) is 5.67. The third-order valence-corrected chi connectivity index (χ3v) is 15.1. The van der Waals surface area contributed by atoms with E-state index in [1.54, 1.807) is 30.5 Å². The van der Waals surface area contributed by atoms with Crippen molar-refractivity contribution in [3.05, 3.63) is 117 Å². The van der Waals surface area contributed by atoms with E-state index in [4.69, 9.17) is 21.1 Å². The molecule has 1 saturated carbocycles. The molecule has 64 heavy (non-hydrogen) atoms. The van der Waals surface area contributed by atoms with E-state index in [1.807, 2.05) is 18.2 Å². The number of carbonyl (C=O) groups excluding carboxylic acids is 1. The number of aliphatic hydroxyl groups is 1. The van der Waals surface area contributed by atoms with E-state index in [-0.39, 0.29) is 52.7 Å². The number of fused-ring (bicyclic) bond motifs is 2. The Balaban J connectivity index is 0.943. The first-order valence-corrected chi connectivity index (χ1v) is 23.9. The number of rotatable bonds is 11. The summed E-state index contributed by atoms with van der Waals surface area (Å²) in [4.78, 5) is 37.6. The number of aromatic nitrogens is 2. The van der Waals surface area contributed by atoms with Crippen LogP contribution in [0.25, 0.3) is 16.6 Å². The lowest BCUT2D eigenvalue weighted by Crippen LogP contribution is -2.47. The number of piperazine rings is 1. The van der Waals surface area contributed by atoms with Crippen LogP contribution < -0.4 is 19.1 Å². The van der Waals surface area contributed by atoms with Gasteiger partial charge in [-0.2, -0.15) is 0 Å². The molecule has 14 nitrogen and oxygen atoms in total. The zero-order chi connectivity index (χ0) is 44.8. The fraction of sp³-hybridized carbons (Fsp3) is 0.417. The molecule has 2 aliphatic heterocycles. The third kappa shape index (κ3) is 9.49. The van der Waals surface area contributed by atoms with Crippen molar-refractivity contribution in [1.82, 2.24) is 19.6 Å². The molecule has 1 amide bonds. The highest BCUT2D eigenvalue weighted by Crippen LogP contribution is 2.44. The van der Waals surface area contributed by atoms with Gasteiger partial charge in [-0.1, -0.05) is 43.2 Å². The number of nitrogens with zero attached hydrogens (tertiary/aromatic N) is 4. The van der Waals surface area contributed by atoms with Crippen molar-refractivity contribution in [2.24, 2.45) is 17.3 Å². The molecule has 0 radical (unpaired) electrons. The number of benzene rings is 3. The monoisotopic (exact) mass is 908 g/mol. The average molecular weight is 910 g/mol. The topological polar surface area (TPSA) is 180 Å². The Morgan fingerprint density at radius 1 is 1.03 bits per heavy atom. The van der Waals surface area contributed by atoms with E-state index in [0.717, 1.165) is 87.0 Å². The van der Waals surface area contributed by atoms with Gasteiger partial charge in [0.05, 0.1) is 39.9 Å². The largest absolute Gasteiger partial charge is 0.493 e. The van der Waals surface area contributed by atoms with Gasteiger partial charge in [-0.3, -0.25) is 19.8 Å². The van der Waals surface area contributed by atoms with Crippen LogP contribution in [-0.2, 0) is 16.4 Å². The summed E-state index contributed by atoms with van der Waals surface area (Å²) >= 11 is 6.25. The zero-order valence-electron chi connectivity index (χ0n) is 36.0. The minimum Gasteiger partial charge on any atom is -0.493 e. The summed E-state index contributed by atoms with van der Waals surface area (Å²) in [6.45, 7) is 8.88. The Bertz CT molecular complexity index is 2720. The Morgan fingerprint density at radius 2 is 1.80 bits per heavy atom. The van der Waals surface area contributed by atoms with Crippen molar-refractivity contribution in [3.8, 4) is 17.2 Å². The lowest BCUT2D eigenvalue weighted by Gasteiger charge is -2.39. The number of nitro benzene ring substituents is 1. The van der Waals surface area contributed by atoms with Gasteiger partial charge in [0.15, 0.2) is 0 Å². The van der Waals surface area contributed by atoms with Crippen molar-refractivity contribution in [3.63, 3.8) is 0 Å². The summed E-state index contributed by atoms with van der Waals surface area (Å²) in [6, 6.07) is 19.1. The van der Waals surface area contributed by atoms with Gasteiger partial charge in [0.25, 0.3) is 21.6 Å². The fourth-order valence-corrected chi connectivity index (χ4v) is 11.0. The standard InChI is InChI=1S/C48H53ClN6O8S/c1-48(2)15-13-33(42(26-48)31-3-7-35(49)8-4-31)28-53-17-19-54(20-18-53)36-9-12-40(45(23-36)63-38-21-32-14-16-50-46(32)51-27-38)47(57)52-64(60,61)39-24-43(55(58)59)41-22-34(29-62-44(41)25-39)30-5-10-37(56)11-6-30/h3-4,7-9,12,14,16,21,23-25,27,30,34,37,56H,5-6,10-11,13,15,17-20,22,26,28-29H2,1-2H3,(H,50,51)(H,52,57). The molecule has 2 aromatic heterocycles. The van der Waals surface area contributed by atoms with Crippen LogP contribution in [0.2, 0.25) is 5.02 Å². The number of amides is 1. The number of hydrogen-bond acceptors (Lipinski definition) is 11. The molecule has 1 atom stereocenters. The highest BCUT2D eigenvalue weighted by molar-refractivity contribution is 7.90. The second kappa shape index (κ2) is 17.8. The zero-order valence-corrected chi connectivity index (χ0v) is 37.6. The number of sulfonamides is 1. The molecule has 4 heterocycles. The van der Waals surface area contributed by atoms with Gasteiger partial charge in [0.2, 0.25) is 0 Å². The quantitative estimate of drug-likeness (QED) is 0.0851. The average Bonchev–Trinajstić information content (AvgIpc) is 3.75. The summed E-state index contributed by atoms with van der Waals surface area (Å²) < 4.78 is 42.4. The number of halogens is 1. The fourth-order valence-electron chi connectivity index (χ4n) is 9.87. The number of carbonyl (C=O) groups is 1. The number of aromatic amines is 1. The number of hydrogen-bond donors (Lipinski definition) is 3. The van der Waals surface area contributed by atoms with Crippen LogP contribution >= 0.6 is 11.6 Å². The van der Waals surface area contributed by atoms with Crippen LogP contribution in [0.1, 0.15) is 80.3 Å². The number of nitro groups is 1. The summed E-state index contributed by atoms with van der Waals surface area (Å²) in [6.07, 6.45) is 9.41. The first-order chi connectivity index (χ1) is 30.7. The van der Waals surface area contributed by atoms with Crippen molar-refractivity contribution in [2.75, 3.05) is 44.2 Å². The molecule has 0 bridgehead atoms. The molecule has 9 rings (SSSR count). The second-order valence-corrected chi connectivity index (χ2v) is 20.6. The number of aliphatic hydroxyl groups excluding tert-OH is 1. The summed E-state index contributed by atoms with van der Waals surface area (Å²) in [5, 5.41) is 23.9. The Kier molecular flexibility index (Phi) is 12.2. The minimum atomic E-state index is -4.64. The Hall–Kier alpha value is -5.48. The lowest BCUT2D eigenvalue weighted by atomic mass is 9.72. The van der Waals surface area contributed by atoms with Crippen LogP contribution in [0, 0.1) is 27.4 Å². The van der Waals surface area contributed by atoms with Gasteiger partial charge < -0.3 is 24.5 Å². The van der Waals surface area contributed by atoms with Crippen LogP contribution in [0.5, 0.6) is 17.2 Å². The number of ether oxygens (including phenoxy) is 2. The molecule has 1 unspecified atom stereocenters. The van der Waals surface area contributed by atoms with E-state index in [2.05, 4.69) is 50.5 Å². The normalized spacial score (nSPS) is 21.6. The van der Waals surface area contributed by atoms with E-state index in [9.17, 15) is 28.4 Å². The van der Waals surface area contributed by atoms with Crippen molar-refractivity contribution in [1.29, 1.82) is 0 Å². The predicted molar refractivity (Wildman–Crippen MR) is 246 cm³/mol. The Morgan fingerprint density at radius 3 is 2.55 bits per heavy atom. The molecule has 3 aromatic carbocycles. The smallest absolute Gasteiger partial charge is 0.277 e. The highest BCUT2D eigenvalue weighted by atomic mass is 35.5. The van der Waals surface area contributed by atoms with E-state index in [0.29, 0.717) is 36.2 Å². The van der Waals surface area contributed by atoms with Crippen LogP contribution in [0.15, 0.2) is 89.6 Å². The molecule has 2 aliphatic carbocycles. The number of nitrogens with one attached hydrogen (secondary N) is 2. The van der Waals surface area contributed by atoms with Gasteiger partial charge in [-0.25, -0.2) is 18.1 Å². The molecule has 16 heteroatoms. The SMILES string of the molecule is CC1(C)CCC(CN2CCN(c3ccc(C(=O)NS(=O)(=O)c4cc5c(c([N+](=O)[O-])c4)CC(C4CCC(O)CC4)CO5)c(Oc4cnc5[nH]ccc5c4)c3)CC2)=C(c2ccc(Cl)cc2)C1. The van der Waals surface area contributed by atoms with Crippen molar-refractivity contribution < 1.29 is 32.7 Å². The van der Waals surface area contributed by atoms with Gasteiger partial charge in [-0.05, 0) is 110 Å². The number of allylic oxidation sites excluding steroid dienone is 1. The lowest BCUT2D eigenvalue weighted by molar-refractivity contribution is -0.386. The molecular weight excluding hydrogens is 856 g/mol. The van der Waals surface area contributed by atoms with E-state index >= 15 is 0 Å². The summed E-state index contributed by atoms with van der Waals surface area (Å²) in [5.74, 6) is -0.163. The van der Waals surface area contributed by atoms with Gasteiger partial charge in [0.1, 0.15) is 22.9 Å². The first kappa shape index (κ1) is 43.8. The van der Waals surface area contributed by atoms with E-state index in [1.165, 1.54) is 29.0 Å². The van der Waals surface area contributed by atoms with Crippen LogP contribution in [0.3, 0.4) is 0 Å². The maximum absolute atomic E-state index is 14.1. The number of anilines is 1. The molecule has 5 aromatic rings. The minimum absolute atomic E-state index is 0.000263.